The van der Waals surface area contributed by atoms with E-state index in [2.05, 4.69) is 11.8 Å². The van der Waals surface area contributed by atoms with Crippen molar-refractivity contribution in [3.05, 3.63) is 24.0 Å². The lowest BCUT2D eigenvalue weighted by molar-refractivity contribution is 0.438. The summed E-state index contributed by atoms with van der Waals surface area (Å²) in [6, 6.07) is 4.65. The molecule has 0 aliphatic carbocycles. The average Bonchev–Trinajstić information content (AvgIpc) is 2.20. The summed E-state index contributed by atoms with van der Waals surface area (Å²) < 4.78 is 12.9. The molecule has 0 unspecified atom stereocenters. The van der Waals surface area contributed by atoms with Crippen LogP contribution in [0.1, 0.15) is 19.8 Å². The lowest BCUT2D eigenvalue weighted by atomic mass is 9.98. The van der Waals surface area contributed by atoms with Gasteiger partial charge in [0.2, 0.25) is 0 Å². The summed E-state index contributed by atoms with van der Waals surface area (Å²) in [7, 11) is 0. The third-order valence-electron chi connectivity index (χ3n) is 3.11. The Morgan fingerprint density at radius 1 is 1.31 bits per heavy atom. The molecule has 0 saturated carbocycles. The van der Waals surface area contributed by atoms with E-state index in [1.165, 1.54) is 25.0 Å². The van der Waals surface area contributed by atoms with Gasteiger partial charge in [-0.2, -0.15) is 0 Å². The summed E-state index contributed by atoms with van der Waals surface area (Å²) in [4.78, 5) is 2.24. The first-order valence-electron chi connectivity index (χ1n) is 5.47. The molecule has 2 nitrogen and oxygen atoms in total. The van der Waals surface area contributed by atoms with Gasteiger partial charge in [-0.1, -0.05) is 6.92 Å². The van der Waals surface area contributed by atoms with Crippen molar-refractivity contribution in [3.63, 3.8) is 0 Å². The molecule has 2 rings (SSSR count). The van der Waals surface area contributed by atoms with Crippen LogP contribution in [0, 0.1) is 11.7 Å². The van der Waals surface area contributed by atoms with Gasteiger partial charge in [-0.15, -0.1) is 12.4 Å². The number of nitrogen functional groups attached to an aromatic ring is 1. The molecule has 0 bridgehead atoms. The highest BCUT2D eigenvalue weighted by atomic mass is 35.5. The van der Waals surface area contributed by atoms with E-state index in [1.54, 1.807) is 6.07 Å². The Hall–Kier alpha value is -0.960. The molecule has 16 heavy (non-hydrogen) atoms. The molecule has 1 saturated heterocycles. The van der Waals surface area contributed by atoms with Crippen molar-refractivity contribution < 1.29 is 4.39 Å². The van der Waals surface area contributed by atoms with E-state index in [0.717, 1.165) is 24.7 Å². The van der Waals surface area contributed by atoms with Gasteiger partial charge in [-0.05, 0) is 37.0 Å². The number of rotatable bonds is 1. The first-order chi connectivity index (χ1) is 7.16. The Morgan fingerprint density at radius 3 is 2.50 bits per heavy atom. The molecule has 90 valence electrons. The number of benzene rings is 1. The molecule has 0 amide bonds. The number of piperidine rings is 1. The maximum atomic E-state index is 12.9. The van der Waals surface area contributed by atoms with Crippen molar-refractivity contribution in [2.24, 2.45) is 5.92 Å². The number of nitrogens with zero attached hydrogens (tertiary/aromatic N) is 1. The first kappa shape index (κ1) is 13.1. The second-order valence-electron chi connectivity index (χ2n) is 4.37. The zero-order chi connectivity index (χ0) is 10.8. The van der Waals surface area contributed by atoms with Crippen molar-refractivity contribution >= 4 is 23.8 Å². The summed E-state index contributed by atoms with van der Waals surface area (Å²) in [6.07, 6.45) is 2.38. The predicted molar refractivity (Wildman–Crippen MR) is 68.7 cm³/mol. The summed E-state index contributed by atoms with van der Waals surface area (Å²) >= 11 is 0. The topological polar surface area (TPSA) is 29.3 Å². The highest BCUT2D eigenvalue weighted by molar-refractivity contribution is 5.85. The maximum absolute atomic E-state index is 12.9. The Morgan fingerprint density at radius 2 is 1.94 bits per heavy atom. The molecule has 0 spiro atoms. The molecule has 2 N–H and O–H groups in total. The fourth-order valence-corrected chi connectivity index (χ4v) is 2.06. The largest absolute Gasteiger partial charge is 0.397 e. The minimum absolute atomic E-state index is 0. The van der Waals surface area contributed by atoms with Crippen LogP contribution in [-0.2, 0) is 0 Å². The van der Waals surface area contributed by atoms with Crippen LogP contribution in [0.25, 0.3) is 0 Å². The second-order valence-corrected chi connectivity index (χ2v) is 4.37. The molecule has 1 fully saturated rings. The molecule has 1 aliphatic rings. The lowest BCUT2D eigenvalue weighted by Crippen LogP contribution is -2.33. The van der Waals surface area contributed by atoms with Crippen molar-refractivity contribution in [2.45, 2.75) is 19.8 Å². The van der Waals surface area contributed by atoms with Crippen LogP contribution < -0.4 is 10.6 Å². The van der Waals surface area contributed by atoms with Gasteiger partial charge in [0, 0.05) is 13.1 Å². The molecule has 1 aromatic rings. The monoisotopic (exact) mass is 244 g/mol. The third-order valence-corrected chi connectivity index (χ3v) is 3.11. The molecule has 4 heteroatoms. The third kappa shape index (κ3) is 2.79. The SMILES string of the molecule is CC1CCN(c2ccc(F)cc2N)CC1.Cl. The summed E-state index contributed by atoms with van der Waals surface area (Å²) in [5, 5.41) is 0. The van der Waals surface area contributed by atoms with Crippen LogP contribution in [-0.4, -0.2) is 13.1 Å². The van der Waals surface area contributed by atoms with Gasteiger partial charge >= 0.3 is 0 Å². The van der Waals surface area contributed by atoms with Crippen LogP contribution in [0.3, 0.4) is 0 Å². The molecule has 0 atom stereocenters. The molecule has 1 aromatic carbocycles. The fourth-order valence-electron chi connectivity index (χ4n) is 2.06. The van der Waals surface area contributed by atoms with E-state index in [0.29, 0.717) is 5.69 Å². The van der Waals surface area contributed by atoms with Gasteiger partial charge in [0.25, 0.3) is 0 Å². The van der Waals surface area contributed by atoms with Gasteiger partial charge in [-0.25, -0.2) is 4.39 Å². The highest BCUT2D eigenvalue weighted by Crippen LogP contribution is 2.28. The Kier molecular flexibility index (Phi) is 4.42. The van der Waals surface area contributed by atoms with Crippen LogP contribution in [0.4, 0.5) is 15.8 Å². The van der Waals surface area contributed by atoms with Crippen molar-refractivity contribution in [3.8, 4) is 0 Å². The molecule has 1 aliphatic heterocycles. The number of halogens is 2. The van der Waals surface area contributed by atoms with Crippen molar-refractivity contribution in [1.82, 2.24) is 0 Å². The van der Waals surface area contributed by atoms with Crippen LogP contribution in [0.2, 0.25) is 0 Å². The van der Waals surface area contributed by atoms with Crippen molar-refractivity contribution in [2.75, 3.05) is 23.7 Å². The number of anilines is 2. The molecule has 0 aromatic heterocycles. The van der Waals surface area contributed by atoms with E-state index in [-0.39, 0.29) is 18.2 Å². The predicted octanol–water partition coefficient (Wildman–Crippen LogP) is 3.07. The van der Waals surface area contributed by atoms with E-state index < -0.39 is 0 Å². The number of hydrogen-bond donors (Lipinski definition) is 1. The average molecular weight is 245 g/mol. The quantitative estimate of drug-likeness (QED) is 0.770. The summed E-state index contributed by atoms with van der Waals surface area (Å²) in [5.41, 5.74) is 7.33. The van der Waals surface area contributed by atoms with E-state index >= 15 is 0 Å². The van der Waals surface area contributed by atoms with Gasteiger partial charge < -0.3 is 10.6 Å². The summed E-state index contributed by atoms with van der Waals surface area (Å²) in [6.45, 7) is 4.32. The Balaban J connectivity index is 0.00000128. The number of nitrogens with two attached hydrogens (primary N) is 1. The van der Waals surface area contributed by atoms with Gasteiger partial charge in [0.1, 0.15) is 5.82 Å². The lowest BCUT2D eigenvalue weighted by Gasteiger charge is -2.32. The van der Waals surface area contributed by atoms with E-state index in [9.17, 15) is 4.39 Å². The van der Waals surface area contributed by atoms with E-state index in [1.807, 2.05) is 0 Å². The fraction of sp³-hybridized carbons (Fsp3) is 0.500. The van der Waals surface area contributed by atoms with Gasteiger partial charge in [-0.3, -0.25) is 0 Å². The van der Waals surface area contributed by atoms with Crippen LogP contribution in [0.5, 0.6) is 0 Å². The first-order valence-corrected chi connectivity index (χ1v) is 5.47. The van der Waals surface area contributed by atoms with Crippen molar-refractivity contribution in [1.29, 1.82) is 0 Å². The molecule has 0 radical (unpaired) electrons. The highest BCUT2D eigenvalue weighted by Gasteiger charge is 2.17. The van der Waals surface area contributed by atoms with E-state index in [4.69, 9.17) is 5.73 Å². The minimum atomic E-state index is -0.262. The Labute approximate surface area is 102 Å². The second kappa shape index (κ2) is 5.39. The smallest absolute Gasteiger partial charge is 0.125 e. The minimum Gasteiger partial charge on any atom is -0.397 e. The van der Waals surface area contributed by atoms with Gasteiger partial charge in [0.15, 0.2) is 0 Å². The standard InChI is InChI=1S/C12H17FN2.ClH/c1-9-4-6-15(7-5-9)12-3-2-10(13)8-11(12)14;/h2-3,8-9H,4-7,14H2,1H3;1H. The number of hydrogen-bond acceptors (Lipinski definition) is 2. The molecular weight excluding hydrogens is 227 g/mol. The molecular formula is C12H18ClFN2. The molecule has 1 heterocycles. The zero-order valence-corrected chi connectivity index (χ0v) is 10.3. The maximum Gasteiger partial charge on any atom is 0.125 e. The normalized spacial score (nSPS) is 17.0. The van der Waals surface area contributed by atoms with Crippen LogP contribution >= 0.6 is 12.4 Å². The van der Waals surface area contributed by atoms with Crippen LogP contribution in [0.15, 0.2) is 18.2 Å². The Bertz CT molecular complexity index is 349. The zero-order valence-electron chi connectivity index (χ0n) is 9.45. The summed E-state index contributed by atoms with van der Waals surface area (Å²) in [5.74, 6) is 0.532. The van der Waals surface area contributed by atoms with Gasteiger partial charge in [0.05, 0.1) is 11.4 Å².